The number of hydrogen-bond acceptors (Lipinski definition) is 1. The minimum atomic E-state index is 0.148. The van der Waals surface area contributed by atoms with Gasteiger partial charge in [-0.15, -0.1) is 0 Å². The third kappa shape index (κ3) is 3.45. The number of rotatable bonds is 2. The topological polar surface area (TPSA) is 20.3 Å². The molecule has 72 valence electrons. The summed E-state index contributed by atoms with van der Waals surface area (Å²) in [5.74, 6) is 0.148. The Morgan fingerprint density at radius 1 is 1.23 bits per heavy atom. The SMILES string of the molecule is CC(C)=C/C=C/C(=O)N1CCCC1. The van der Waals surface area contributed by atoms with Crippen LogP contribution in [-0.2, 0) is 4.79 Å². The highest BCUT2D eigenvalue weighted by atomic mass is 16.2. The number of allylic oxidation sites excluding steroid dienone is 3. The van der Waals surface area contributed by atoms with Crippen LogP contribution in [0.25, 0.3) is 0 Å². The average Bonchev–Trinajstić information content (AvgIpc) is 2.55. The second-order valence-corrected chi connectivity index (χ2v) is 3.64. The molecule has 1 amide bonds. The summed E-state index contributed by atoms with van der Waals surface area (Å²) >= 11 is 0. The summed E-state index contributed by atoms with van der Waals surface area (Å²) in [5.41, 5.74) is 1.21. The standard InChI is InChI=1S/C11H17NO/c1-10(2)6-5-7-11(13)12-8-3-4-9-12/h5-7H,3-4,8-9H2,1-2H3/b7-5+. The Morgan fingerprint density at radius 2 is 1.85 bits per heavy atom. The number of nitrogens with zero attached hydrogens (tertiary/aromatic N) is 1. The van der Waals surface area contributed by atoms with E-state index in [2.05, 4.69) is 0 Å². The first-order valence-corrected chi connectivity index (χ1v) is 4.80. The molecule has 0 aliphatic carbocycles. The molecule has 0 aromatic carbocycles. The lowest BCUT2D eigenvalue weighted by molar-refractivity contribution is -0.124. The van der Waals surface area contributed by atoms with E-state index in [9.17, 15) is 4.79 Å². The van der Waals surface area contributed by atoms with Crippen LogP contribution in [0, 0.1) is 0 Å². The van der Waals surface area contributed by atoms with Gasteiger partial charge in [0.15, 0.2) is 0 Å². The Balaban J connectivity index is 2.40. The lowest BCUT2D eigenvalue weighted by Crippen LogP contribution is -2.25. The van der Waals surface area contributed by atoms with Gasteiger partial charge in [-0.25, -0.2) is 0 Å². The van der Waals surface area contributed by atoms with E-state index in [1.165, 1.54) is 5.57 Å². The van der Waals surface area contributed by atoms with Crippen LogP contribution in [0.15, 0.2) is 23.8 Å². The summed E-state index contributed by atoms with van der Waals surface area (Å²) in [6, 6.07) is 0. The van der Waals surface area contributed by atoms with Crippen LogP contribution in [-0.4, -0.2) is 23.9 Å². The maximum absolute atomic E-state index is 11.4. The molecule has 1 aliphatic heterocycles. The normalized spacial score (nSPS) is 16.6. The highest BCUT2D eigenvalue weighted by Gasteiger charge is 2.14. The molecular formula is C11H17NO. The van der Waals surface area contributed by atoms with Crippen molar-refractivity contribution in [3.8, 4) is 0 Å². The molecule has 1 heterocycles. The van der Waals surface area contributed by atoms with E-state index in [4.69, 9.17) is 0 Å². The van der Waals surface area contributed by atoms with E-state index in [0.29, 0.717) is 0 Å². The van der Waals surface area contributed by atoms with E-state index in [1.54, 1.807) is 6.08 Å². The fourth-order valence-electron chi connectivity index (χ4n) is 1.37. The van der Waals surface area contributed by atoms with E-state index >= 15 is 0 Å². The smallest absolute Gasteiger partial charge is 0.246 e. The Hall–Kier alpha value is -1.05. The van der Waals surface area contributed by atoms with Crippen LogP contribution >= 0.6 is 0 Å². The van der Waals surface area contributed by atoms with Gasteiger partial charge in [-0.2, -0.15) is 0 Å². The molecule has 13 heavy (non-hydrogen) atoms. The van der Waals surface area contributed by atoms with Gasteiger partial charge < -0.3 is 4.90 Å². The molecule has 2 nitrogen and oxygen atoms in total. The Bertz CT molecular complexity index is 230. The minimum absolute atomic E-state index is 0.148. The zero-order chi connectivity index (χ0) is 9.68. The van der Waals surface area contributed by atoms with Crippen molar-refractivity contribution in [3.05, 3.63) is 23.8 Å². The third-order valence-electron chi connectivity index (χ3n) is 2.09. The summed E-state index contributed by atoms with van der Waals surface area (Å²) < 4.78 is 0. The van der Waals surface area contributed by atoms with Crippen LogP contribution in [0.3, 0.4) is 0 Å². The first-order chi connectivity index (χ1) is 6.20. The van der Waals surface area contributed by atoms with Gasteiger partial charge in [-0.1, -0.05) is 17.7 Å². The second kappa shape index (κ2) is 4.85. The monoisotopic (exact) mass is 179 g/mol. The average molecular weight is 179 g/mol. The molecule has 1 aliphatic rings. The van der Waals surface area contributed by atoms with Gasteiger partial charge in [-0.3, -0.25) is 4.79 Å². The van der Waals surface area contributed by atoms with Crippen molar-refractivity contribution >= 4 is 5.91 Å². The van der Waals surface area contributed by atoms with E-state index in [-0.39, 0.29) is 5.91 Å². The minimum Gasteiger partial charge on any atom is -0.339 e. The Labute approximate surface area is 79.9 Å². The molecule has 1 rings (SSSR count). The molecule has 0 unspecified atom stereocenters. The highest BCUT2D eigenvalue weighted by molar-refractivity contribution is 5.88. The van der Waals surface area contributed by atoms with Gasteiger partial charge in [0, 0.05) is 19.2 Å². The molecule has 0 bridgehead atoms. The molecule has 2 heteroatoms. The van der Waals surface area contributed by atoms with Gasteiger partial charge in [0.25, 0.3) is 0 Å². The molecule has 0 aromatic heterocycles. The number of amides is 1. The lowest BCUT2D eigenvalue weighted by atomic mass is 10.3. The summed E-state index contributed by atoms with van der Waals surface area (Å²) in [7, 11) is 0. The number of carbonyl (C=O) groups excluding carboxylic acids is 1. The van der Waals surface area contributed by atoms with Crippen LogP contribution in [0.2, 0.25) is 0 Å². The molecule has 0 N–H and O–H groups in total. The molecule has 0 saturated carbocycles. The number of hydrogen-bond donors (Lipinski definition) is 0. The molecule has 0 spiro atoms. The second-order valence-electron chi connectivity index (χ2n) is 3.64. The summed E-state index contributed by atoms with van der Waals surface area (Å²) in [4.78, 5) is 13.3. The molecular weight excluding hydrogens is 162 g/mol. The summed E-state index contributed by atoms with van der Waals surface area (Å²) in [5, 5.41) is 0. The maximum Gasteiger partial charge on any atom is 0.246 e. The maximum atomic E-state index is 11.4. The van der Waals surface area contributed by atoms with Gasteiger partial charge in [-0.05, 0) is 26.7 Å². The van der Waals surface area contributed by atoms with Crippen molar-refractivity contribution in [2.75, 3.05) is 13.1 Å². The summed E-state index contributed by atoms with van der Waals surface area (Å²) in [6.45, 7) is 5.89. The van der Waals surface area contributed by atoms with Gasteiger partial charge in [0.1, 0.15) is 0 Å². The van der Waals surface area contributed by atoms with Crippen LogP contribution in [0.1, 0.15) is 26.7 Å². The quantitative estimate of drug-likeness (QED) is 0.469. The van der Waals surface area contributed by atoms with Crippen molar-refractivity contribution in [3.63, 3.8) is 0 Å². The molecule has 0 radical (unpaired) electrons. The van der Waals surface area contributed by atoms with Crippen LogP contribution in [0.5, 0.6) is 0 Å². The molecule has 1 fully saturated rings. The molecule has 1 saturated heterocycles. The predicted molar refractivity (Wildman–Crippen MR) is 54.4 cm³/mol. The van der Waals surface area contributed by atoms with Crippen molar-refractivity contribution < 1.29 is 4.79 Å². The van der Waals surface area contributed by atoms with Crippen molar-refractivity contribution in [1.29, 1.82) is 0 Å². The first kappa shape index (κ1) is 10.0. The van der Waals surface area contributed by atoms with E-state index in [1.807, 2.05) is 30.9 Å². The van der Waals surface area contributed by atoms with E-state index < -0.39 is 0 Å². The van der Waals surface area contributed by atoms with Gasteiger partial charge >= 0.3 is 0 Å². The molecule has 0 atom stereocenters. The summed E-state index contributed by atoms with van der Waals surface area (Å²) in [6.07, 6.45) is 7.74. The van der Waals surface area contributed by atoms with Crippen molar-refractivity contribution in [1.82, 2.24) is 4.90 Å². The first-order valence-electron chi connectivity index (χ1n) is 4.80. The molecule has 0 aromatic rings. The lowest BCUT2D eigenvalue weighted by Gasteiger charge is -2.11. The van der Waals surface area contributed by atoms with Gasteiger partial charge in [0.2, 0.25) is 5.91 Å². The van der Waals surface area contributed by atoms with Crippen LogP contribution < -0.4 is 0 Å². The fourth-order valence-corrected chi connectivity index (χ4v) is 1.37. The van der Waals surface area contributed by atoms with Crippen molar-refractivity contribution in [2.45, 2.75) is 26.7 Å². The van der Waals surface area contributed by atoms with Gasteiger partial charge in [0.05, 0.1) is 0 Å². The highest BCUT2D eigenvalue weighted by Crippen LogP contribution is 2.07. The Morgan fingerprint density at radius 3 is 2.38 bits per heavy atom. The van der Waals surface area contributed by atoms with E-state index in [0.717, 1.165) is 25.9 Å². The predicted octanol–water partition coefficient (Wildman–Crippen LogP) is 2.13. The Kier molecular flexibility index (Phi) is 3.74. The largest absolute Gasteiger partial charge is 0.339 e. The fraction of sp³-hybridized carbons (Fsp3) is 0.545. The zero-order valence-corrected chi connectivity index (χ0v) is 8.42. The number of likely N-dealkylation sites (tertiary alicyclic amines) is 1. The number of carbonyl (C=O) groups is 1. The van der Waals surface area contributed by atoms with Crippen molar-refractivity contribution in [2.24, 2.45) is 0 Å². The zero-order valence-electron chi connectivity index (χ0n) is 8.42. The van der Waals surface area contributed by atoms with Crippen LogP contribution in [0.4, 0.5) is 0 Å². The third-order valence-corrected chi connectivity index (χ3v) is 2.09.